The molecule has 0 fully saturated rings. The molecule has 0 bridgehead atoms. The second-order valence-electron chi connectivity index (χ2n) is 3.82. The van der Waals surface area contributed by atoms with Crippen molar-refractivity contribution in [1.82, 2.24) is 5.32 Å². The molecule has 0 unspecified atom stereocenters. The third kappa shape index (κ3) is 2.46. The van der Waals surface area contributed by atoms with E-state index in [1.165, 1.54) is 7.05 Å². The standard InChI is InChI=1S/C14H12ClNO2/c1-16-14(18)12-6-5-10(8-13(12)17)9-3-2-4-11(15)7-9/h2-8,17H,1H3,(H,16,18). The zero-order valence-corrected chi connectivity index (χ0v) is 10.5. The van der Waals surface area contributed by atoms with Crippen LogP contribution in [0.4, 0.5) is 0 Å². The Hall–Kier alpha value is -2.00. The molecule has 2 aromatic rings. The summed E-state index contributed by atoms with van der Waals surface area (Å²) in [4.78, 5) is 11.4. The molecule has 0 saturated heterocycles. The fraction of sp³-hybridized carbons (Fsp3) is 0.0714. The van der Waals surface area contributed by atoms with E-state index in [0.29, 0.717) is 5.02 Å². The number of rotatable bonds is 2. The van der Waals surface area contributed by atoms with Crippen LogP contribution in [0, 0.1) is 0 Å². The lowest BCUT2D eigenvalue weighted by Gasteiger charge is -2.07. The van der Waals surface area contributed by atoms with Gasteiger partial charge in [0.1, 0.15) is 5.75 Å². The van der Waals surface area contributed by atoms with Crippen molar-refractivity contribution in [3.63, 3.8) is 0 Å². The van der Waals surface area contributed by atoms with Crippen molar-refractivity contribution in [3.05, 3.63) is 53.1 Å². The van der Waals surface area contributed by atoms with Crippen LogP contribution in [-0.2, 0) is 0 Å². The van der Waals surface area contributed by atoms with Gasteiger partial charge in [-0.3, -0.25) is 4.79 Å². The lowest BCUT2D eigenvalue weighted by Crippen LogP contribution is -2.17. The van der Waals surface area contributed by atoms with E-state index in [0.717, 1.165) is 11.1 Å². The van der Waals surface area contributed by atoms with Gasteiger partial charge in [0.15, 0.2) is 0 Å². The number of phenols is 1. The first-order valence-corrected chi connectivity index (χ1v) is 5.80. The van der Waals surface area contributed by atoms with E-state index in [1.807, 2.05) is 12.1 Å². The van der Waals surface area contributed by atoms with E-state index in [4.69, 9.17) is 11.6 Å². The number of amides is 1. The third-order valence-corrected chi connectivity index (χ3v) is 2.86. The Kier molecular flexibility index (Phi) is 3.53. The van der Waals surface area contributed by atoms with Crippen molar-refractivity contribution in [2.24, 2.45) is 0 Å². The van der Waals surface area contributed by atoms with Gasteiger partial charge in [-0.2, -0.15) is 0 Å². The molecular formula is C14H12ClNO2. The zero-order valence-electron chi connectivity index (χ0n) is 9.77. The van der Waals surface area contributed by atoms with E-state index >= 15 is 0 Å². The molecule has 0 aliphatic heterocycles. The first kappa shape index (κ1) is 12.5. The van der Waals surface area contributed by atoms with Crippen molar-refractivity contribution in [2.45, 2.75) is 0 Å². The molecule has 18 heavy (non-hydrogen) atoms. The second kappa shape index (κ2) is 5.10. The van der Waals surface area contributed by atoms with Crippen molar-refractivity contribution >= 4 is 17.5 Å². The molecule has 2 N–H and O–H groups in total. The summed E-state index contributed by atoms with van der Waals surface area (Å²) in [5, 5.41) is 12.9. The quantitative estimate of drug-likeness (QED) is 0.873. The van der Waals surface area contributed by atoms with Crippen LogP contribution in [0.15, 0.2) is 42.5 Å². The number of benzene rings is 2. The molecule has 0 aliphatic rings. The zero-order chi connectivity index (χ0) is 13.1. The molecule has 3 nitrogen and oxygen atoms in total. The molecule has 2 aromatic carbocycles. The highest BCUT2D eigenvalue weighted by atomic mass is 35.5. The van der Waals surface area contributed by atoms with Crippen LogP contribution in [0.5, 0.6) is 5.75 Å². The van der Waals surface area contributed by atoms with Crippen LogP contribution in [-0.4, -0.2) is 18.1 Å². The first-order valence-electron chi connectivity index (χ1n) is 5.43. The van der Waals surface area contributed by atoms with Crippen molar-refractivity contribution in [1.29, 1.82) is 0 Å². The maximum atomic E-state index is 11.4. The Balaban J connectivity index is 2.43. The van der Waals surface area contributed by atoms with E-state index < -0.39 is 0 Å². The Morgan fingerprint density at radius 3 is 2.50 bits per heavy atom. The summed E-state index contributed by atoms with van der Waals surface area (Å²) in [5.74, 6) is -0.364. The Labute approximate surface area is 110 Å². The molecule has 0 saturated carbocycles. The summed E-state index contributed by atoms with van der Waals surface area (Å²) in [6.45, 7) is 0. The number of halogens is 1. The lowest BCUT2D eigenvalue weighted by molar-refractivity contribution is 0.0960. The van der Waals surface area contributed by atoms with Gasteiger partial charge in [0.05, 0.1) is 5.56 Å². The van der Waals surface area contributed by atoms with Crippen LogP contribution in [0.25, 0.3) is 11.1 Å². The number of aromatic hydroxyl groups is 1. The Morgan fingerprint density at radius 1 is 1.17 bits per heavy atom. The highest BCUT2D eigenvalue weighted by Crippen LogP contribution is 2.28. The number of hydrogen-bond acceptors (Lipinski definition) is 2. The fourth-order valence-corrected chi connectivity index (χ4v) is 1.90. The van der Waals surface area contributed by atoms with Gasteiger partial charge in [0.25, 0.3) is 5.91 Å². The number of nitrogens with one attached hydrogen (secondary N) is 1. The highest BCUT2D eigenvalue weighted by molar-refractivity contribution is 6.30. The summed E-state index contributed by atoms with van der Waals surface area (Å²) in [7, 11) is 1.52. The summed E-state index contributed by atoms with van der Waals surface area (Å²) in [6, 6.07) is 12.2. The van der Waals surface area contributed by atoms with E-state index in [2.05, 4.69) is 5.32 Å². The normalized spacial score (nSPS) is 10.1. The minimum Gasteiger partial charge on any atom is -0.507 e. The predicted octanol–water partition coefficient (Wildman–Crippen LogP) is 3.07. The molecule has 2 rings (SSSR count). The monoisotopic (exact) mass is 261 g/mol. The second-order valence-corrected chi connectivity index (χ2v) is 4.26. The third-order valence-electron chi connectivity index (χ3n) is 2.63. The summed E-state index contributed by atoms with van der Waals surface area (Å²) in [6.07, 6.45) is 0. The molecular weight excluding hydrogens is 250 g/mol. The SMILES string of the molecule is CNC(=O)c1ccc(-c2cccc(Cl)c2)cc1O. The number of phenolic OH excluding ortho intramolecular Hbond substituents is 1. The largest absolute Gasteiger partial charge is 0.507 e. The summed E-state index contributed by atoms with van der Waals surface area (Å²) < 4.78 is 0. The van der Waals surface area contributed by atoms with Crippen molar-refractivity contribution in [2.75, 3.05) is 7.05 Å². The maximum absolute atomic E-state index is 11.4. The molecule has 92 valence electrons. The Morgan fingerprint density at radius 2 is 1.89 bits per heavy atom. The van der Waals surface area contributed by atoms with Gasteiger partial charge in [0, 0.05) is 12.1 Å². The molecule has 4 heteroatoms. The molecule has 0 heterocycles. The average molecular weight is 262 g/mol. The van der Waals surface area contributed by atoms with Gasteiger partial charge in [-0.1, -0.05) is 29.8 Å². The minimum absolute atomic E-state index is 0.0492. The van der Waals surface area contributed by atoms with Gasteiger partial charge in [0.2, 0.25) is 0 Å². The molecule has 0 aromatic heterocycles. The van der Waals surface area contributed by atoms with Gasteiger partial charge < -0.3 is 10.4 Å². The molecule has 0 atom stereocenters. The number of carbonyl (C=O) groups is 1. The van der Waals surface area contributed by atoms with E-state index in [1.54, 1.807) is 30.3 Å². The fourth-order valence-electron chi connectivity index (χ4n) is 1.71. The smallest absolute Gasteiger partial charge is 0.254 e. The van der Waals surface area contributed by atoms with Crippen molar-refractivity contribution < 1.29 is 9.90 Å². The molecule has 1 amide bonds. The van der Waals surface area contributed by atoms with Crippen LogP contribution in [0.1, 0.15) is 10.4 Å². The number of carbonyl (C=O) groups excluding carboxylic acids is 1. The summed E-state index contributed by atoms with van der Waals surface area (Å²) in [5.41, 5.74) is 1.95. The van der Waals surface area contributed by atoms with Gasteiger partial charge >= 0.3 is 0 Å². The Bertz CT molecular complexity index is 596. The summed E-state index contributed by atoms with van der Waals surface area (Å²) >= 11 is 5.91. The molecule has 0 aliphatic carbocycles. The maximum Gasteiger partial charge on any atom is 0.254 e. The average Bonchev–Trinajstić information content (AvgIpc) is 2.37. The van der Waals surface area contributed by atoms with E-state index in [9.17, 15) is 9.90 Å². The van der Waals surface area contributed by atoms with Crippen LogP contribution in [0.3, 0.4) is 0 Å². The van der Waals surface area contributed by atoms with Crippen LogP contribution >= 0.6 is 11.6 Å². The predicted molar refractivity (Wildman–Crippen MR) is 71.9 cm³/mol. The highest BCUT2D eigenvalue weighted by Gasteiger charge is 2.10. The van der Waals surface area contributed by atoms with E-state index in [-0.39, 0.29) is 17.2 Å². The lowest BCUT2D eigenvalue weighted by atomic mass is 10.0. The topological polar surface area (TPSA) is 49.3 Å². The number of hydrogen-bond donors (Lipinski definition) is 2. The van der Waals surface area contributed by atoms with Crippen LogP contribution in [0.2, 0.25) is 5.02 Å². The molecule has 0 spiro atoms. The minimum atomic E-state index is -0.315. The van der Waals surface area contributed by atoms with Crippen LogP contribution < -0.4 is 5.32 Å². The first-order chi connectivity index (χ1) is 8.61. The van der Waals surface area contributed by atoms with Crippen molar-refractivity contribution in [3.8, 4) is 16.9 Å². The van der Waals surface area contributed by atoms with Gasteiger partial charge in [-0.25, -0.2) is 0 Å². The van der Waals surface area contributed by atoms with Gasteiger partial charge in [-0.05, 0) is 35.4 Å². The van der Waals surface area contributed by atoms with Gasteiger partial charge in [-0.15, -0.1) is 0 Å². The molecule has 0 radical (unpaired) electrons.